The van der Waals surface area contributed by atoms with Gasteiger partial charge in [0.05, 0.1) is 11.6 Å². The second kappa shape index (κ2) is 8.56. The first-order valence-electron chi connectivity index (χ1n) is 6.90. The number of rotatable bonds is 7. The minimum Gasteiger partial charge on any atom is -0.479 e. The largest absolute Gasteiger partial charge is 0.479 e. The number of para-hydroxylation sites is 1. The Labute approximate surface area is 131 Å². The lowest BCUT2D eigenvalue weighted by Gasteiger charge is -2.19. The predicted molar refractivity (Wildman–Crippen MR) is 85.4 cm³/mol. The van der Waals surface area contributed by atoms with Crippen molar-refractivity contribution in [2.75, 3.05) is 6.54 Å². The van der Waals surface area contributed by atoms with E-state index in [0.717, 1.165) is 12.0 Å². The minimum absolute atomic E-state index is 0.0244. The number of ether oxygens (including phenoxy) is 1. The Morgan fingerprint density at radius 3 is 2.90 bits per heavy atom. The van der Waals surface area contributed by atoms with Crippen LogP contribution in [0.4, 0.5) is 0 Å². The van der Waals surface area contributed by atoms with Crippen molar-refractivity contribution in [3.05, 3.63) is 28.8 Å². The molecule has 3 N–H and O–H groups in total. The fourth-order valence-electron chi connectivity index (χ4n) is 1.79. The number of halogens is 1. The van der Waals surface area contributed by atoms with E-state index in [4.69, 9.17) is 28.5 Å². The van der Waals surface area contributed by atoms with Crippen LogP contribution in [0.5, 0.6) is 5.75 Å². The van der Waals surface area contributed by atoms with Gasteiger partial charge in [0.15, 0.2) is 6.10 Å². The summed E-state index contributed by atoms with van der Waals surface area (Å²) in [5.41, 5.74) is 6.88. The minimum atomic E-state index is -0.685. The number of terminal acetylenes is 1. The molecule has 0 fully saturated rings. The Balaban J connectivity index is 2.86. The molecular formula is C16H21ClN2O2. The monoisotopic (exact) mass is 308 g/mol. The van der Waals surface area contributed by atoms with Crippen LogP contribution in [0, 0.1) is 12.3 Å². The first kappa shape index (κ1) is 17.4. The lowest BCUT2D eigenvalue weighted by Crippen LogP contribution is -2.36. The standard InChI is InChI=1S/C16H21ClN2O2/c1-4-9-19-16(20)11(3)21-15-12(10-13(18)5-2)7-6-8-14(15)17/h1,6-8,11,13H,5,9-10,18H2,2-3H3,(H,19,20). The second-order valence-electron chi connectivity index (χ2n) is 4.78. The fourth-order valence-corrected chi connectivity index (χ4v) is 2.02. The molecule has 1 aromatic carbocycles. The van der Waals surface area contributed by atoms with E-state index in [9.17, 15) is 4.79 Å². The van der Waals surface area contributed by atoms with Crippen molar-refractivity contribution in [1.29, 1.82) is 0 Å². The van der Waals surface area contributed by atoms with E-state index in [0.29, 0.717) is 17.2 Å². The highest BCUT2D eigenvalue weighted by Crippen LogP contribution is 2.30. The first-order chi connectivity index (χ1) is 9.99. The molecule has 0 spiro atoms. The predicted octanol–water partition coefficient (Wildman–Crippen LogP) is 2.14. The highest BCUT2D eigenvalue weighted by molar-refractivity contribution is 6.32. The molecule has 1 amide bonds. The van der Waals surface area contributed by atoms with Gasteiger partial charge in [-0.2, -0.15) is 0 Å². The van der Waals surface area contributed by atoms with Crippen LogP contribution in [0.1, 0.15) is 25.8 Å². The quantitative estimate of drug-likeness (QED) is 0.759. The molecule has 0 heterocycles. The summed E-state index contributed by atoms with van der Waals surface area (Å²) in [6.45, 7) is 3.84. The summed E-state index contributed by atoms with van der Waals surface area (Å²) in [4.78, 5) is 11.8. The molecular weight excluding hydrogens is 288 g/mol. The molecule has 2 atom stereocenters. The fraction of sp³-hybridized carbons (Fsp3) is 0.438. The Kier molecular flexibility index (Phi) is 7.07. The molecule has 1 rings (SSSR count). The molecule has 0 aliphatic carbocycles. The van der Waals surface area contributed by atoms with Gasteiger partial charge < -0.3 is 15.8 Å². The number of hydrogen-bond donors (Lipinski definition) is 2. The Hall–Kier alpha value is -1.70. The van der Waals surface area contributed by atoms with Crippen molar-refractivity contribution in [2.45, 2.75) is 38.8 Å². The summed E-state index contributed by atoms with van der Waals surface area (Å²) in [6, 6.07) is 5.50. The van der Waals surface area contributed by atoms with Gasteiger partial charge >= 0.3 is 0 Å². The van der Waals surface area contributed by atoms with E-state index in [2.05, 4.69) is 11.2 Å². The van der Waals surface area contributed by atoms with Crippen molar-refractivity contribution in [2.24, 2.45) is 5.73 Å². The van der Waals surface area contributed by atoms with Gasteiger partial charge in [-0.15, -0.1) is 6.42 Å². The number of hydrogen-bond acceptors (Lipinski definition) is 3. The van der Waals surface area contributed by atoms with Crippen LogP contribution < -0.4 is 15.8 Å². The topological polar surface area (TPSA) is 64.3 Å². The molecule has 0 aromatic heterocycles. The number of benzene rings is 1. The van der Waals surface area contributed by atoms with Gasteiger partial charge in [-0.1, -0.05) is 36.6 Å². The van der Waals surface area contributed by atoms with Gasteiger partial charge in [0.1, 0.15) is 5.75 Å². The first-order valence-corrected chi connectivity index (χ1v) is 7.28. The van der Waals surface area contributed by atoms with Crippen molar-refractivity contribution >= 4 is 17.5 Å². The molecule has 0 aliphatic heterocycles. The number of amides is 1. The lowest BCUT2D eigenvalue weighted by molar-refractivity contribution is -0.127. The van der Waals surface area contributed by atoms with Crippen LogP contribution in [0.3, 0.4) is 0 Å². The summed E-state index contributed by atoms with van der Waals surface area (Å²) in [5.74, 6) is 2.57. The van der Waals surface area contributed by atoms with Gasteiger partial charge in [-0.25, -0.2) is 0 Å². The van der Waals surface area contributed by atoms with Crippen LogP contribution in [-0.2, 0) is 11.2 Å². The van der Waals surface area contributed by atoms with Gasteiger partial charge in [0.2, 0.25) is 0 Å². The van der Waals surface area contributed by atoms with Crippen molar-refractivity contribution < 1.29 is 9.53 Å². The molecule has 0 bridgehead atoms. The van der Waals surface area contributed by atoms with Gasteiger partial charge in [-0.3, -0.25) is 4.79 Å². The third-order valence-electron chi connectivity index (χ3n) is 3.08. The second-order valence-corrected chi connectivity index (χ2v) is 5.19. The lowest BCUT2D eigenvalue weighted by atomic mass is 10.0. The molecule has 4 nitrogen and oxygen atoms in total. The summed E-state index contributed by atoms with van der Waals surface area (Å²) in [6.07, 6.45) is 5.92. The third kappa shape index (κ3) is 5.30. The average molecular weight is 309 g/mol. The molecule has 1 aromatic rings. The Morgan fingerprint density at radius 2 is 2.29 bits per heavy atom. The van der Waals surface area contributed by atoms with Crippen LogP contribution in [-0.4, -0.2) is 24.6 Å². The van der Waals surface area contributed by atoms with Crippen molar-refractivity contribution in [3.63, 3.8) is 0 Å². The molecule has 5 heteroatoms. The van der Waals surface area contributed by atoms with Crippen molar-refractivity contribution in [1.82, 2.24) is 5.32 Å². The zero-order chi connectivity index (χ0) is 15.8. The molecule has 2 unspecified atom stereocenters. The van der Waals surface area contributed by atoms with Crippen LogP contribution in [0.15, 0.2) is 18.2 Å². The zero-order valence-electron chi connectivity index (χ0n) is 12.4. The summed E-state index contributed by atoms with van der Waals surface area (Å²) < 4.78 is 5.71. The summed E-state index contributed by atoms with van der Waals surface area (Å²) in [7, 11) is 0. The van der Waals surface area contributed by atoms with E-state index < -0.39 is 6.10 Å². The van der Waals surface area contributed by atoms with Crippen LogP contribution in [0.25, 0.3) is 0 Å². The van der Waals surface area contributed by atoms with E-state index in [1.54, 1.807) is 13.0 Å². The number of nitrogens with two attached hydrogens (primary N) is 1. The Morgan fingerprint density at radius 1 is 1.57 bits per heavy atom. The summed E-state index contributed by atoms with van der Waals surface area (Å²) in [5, 5.41) is 3.04. The number of nitrogens with one attached hydrogen (secondary N) is 1. The van der Waals surface area contributed by atoms with Crippen molar-refractivity contribution in [3.8, 4) is 18.1 Å². The molecule has 114 valence electrons. The van der Waals surface area contributed by atoms with Crippen LogP contribution >= 0.6 is 11.6 Å². The molecule has 0 saturated heterocycles. The van der Waals surface area contributed by atoms with E-state index in [1.165, 1.54) is 0 Å². The highest BCUT2D eigenvalue weighted by Gasteiger charge is 2.18. The smallest absolute Gasteiger partial charge is 0.261 e. The maximum Gasteiger partial charge on any atom is 0.261 e. The zero-order valence-corrected chi connectivity index (χ0v) is 13.1. The highest BCUT2D eigenvalue weighted by atomic mass is 35.5. The van der Waals surface area contributed by atoms with Crippen LogP contribution in [0.2, 0.25) is 5.02 Å². The van der Waals surface area contributed by atoms with E-state index in [1.807, 2.05) is 19.1 Å². The summed E-state index contributed by atoms with van der Waals surface area (Å²) >= 11 is 6.18. The maximum absolute atomic E-state index is 11.8. The molecule has 0 aliphatic rings. The van der Waals surface area contributed by atoms with Gasteiger partial charge in [0.25, 0.3) is 5.91 Å². The third-order valence-corrected chi connectivity index (χ3v) is 3.38. The Bertz CT molecular complexity index is 525. The molecule has 0 radical (unpaired) electrons. The normalized spacial score (nSPS) is 13.1. The molecule has 0 saturated carbocycles. The van der Waals surface area contributed by atoms with Gasteiger partial charge in [-0.05, 0) is 31.4 Å². The van der Waals surface area contributed by atoms with E-state index >= 15 is 0 Å². The maximum atomic E-state index is 11.8. The van der Waals surface area contributed by atoms with Gasteiger partial charge in [0, 0.05) is 6.04 Å². The SMILES string of the molecule is C#CCNC(=O)C(C)Oc1c(Cl)cccc1CC(N)CC. The number of carbonyl (C=O) groups excluding carboxylic acids is 1. The molecule has 21 heavy (non-hydrogen) atoms. The number of carbonyl (C=O) groups is 1. The average Bonchev–Trinajstić information content (AvgIpc) is 2.47. The van der Waals surface area contributed by atoms with E-state index in [-0.39, 0.29) is 18.5 Å².